The first kappa shape index (κ1) is 19.3. The van der Waals surface area contributed by atoms with E-state index in [2.05, 4.69) is 5.32 Å². The van der Waals surface area contributed by atoms with E-state index in [1.807, 2.05) is 6.92 Å². The average Bonchev–Trinajstić information content (AvgIpc) is 2.65. The average molecular weight is 359 g/mol. The van der Waals surface area contributed by atoms with Gasteiger partial charge in [-0.25, -0.2) is 0 Å². The third-order valence-corrected chi connectivity index (χ3v) is 3.51. The number of hydrogen-bond acceptors (Lipinski definition) is 6. The number of carbonyl (C=O) groups is 2. The molecule has 0 saturated heterocycles. The molecule has 0 unspecified atom stereocenters. The minimum atomic E-state index is -0.446. The summed E-state index contributed by atoms with van der Waals surface area (Å²) in [6.07, 6.45) is 0.460. The molecule has 0 radical (unpaired) electrons. The van der Waals surface area contributed by atoms with Crippen LogP contribution in [0.25, 0.3) is 0 Å². The lowest BCUT2D eigenvalue weighted by Gasteiger charge is -2.11. The molecule has 0 aromatic heterocycles. The van der Waals surface area contributed by atoms with Gasteiger partial charge in [0.15, 0.2) is 17.8 Å². The molecule has 0 spiro atoms. The maximum Gasteiger partial charge on any atom is 0.255 e. The predicted octanol–water partition coefficient (Wildman–Crippen LogP) is 2.88. The topological polar surface area (TPSA) is 94.1 Å². The van der Waals surface area contributed by atoms with Crippen LogP contribution in [0, 0.1) is 0 Å². The molecule has 2 rings (SSSR count). The van der Waals surface area contributed by atoms with Crippen molar-refractivity contribution >= 4 is 17.9 Å². The van der Waals surface area contributed by atoms with Crippen molar-refractivity contribution in [3.63, 3.8) is 0 Å². The fourth-order valence-electron chi connectivity index (χ4n) is 2.24. The van der Waals surface area contributed by atoms with Crippen LogP contribution in [0.2, 0.25) is 0 Å². The number of benzene rings is 2. The van der Waals surface area contributed by atoms with Crippen LogP contribution in [0.5, 0.6) is 17.2 Å². The fourth-order valence-corrected chi connectivity index (χ4v) is 2.24. The Morgan fingerprint density at radius 2 is 2.04 bits per heavy atom. The van der Waals surface area contributed by atoms with Crippen molar-refractivity contribution in [2.75, 3.05) is 32.2 Å². The number of phenols is 1. The first-order valence-electron chi connectivity index (χ1n) is 8.07. The van der Waals surface area contributed by atoms with E-state index < -0.39 is 5.91 Å². The van der Waals surface area contributed by atoms with Crippen LogP contribution in [-0.2, 0) is 4.74 Å². The van der Waals surface area contributed by atoms with E-state index in [-0.39, 0.29) is 22.6 Å². The van der Waals surface area contributed by atoms with Gasteiger partial charge in [-0.1, -0.05) is 6.07 Å². The molecule has 0 aliphatic carbocycles. The molecule has 7 heteroatoms. The van der Waals surface area contributed by atoms with Gasteiger partial charge in [-0.05, 0) is 31.2 Å². The van der Waals surface area contributed by atoms with Crippen molar-refractivity contribution in [3.05, 3.63) is 47.5 Å². The van der Waals surface area contributed by atoms with E-state index in [4.69, 9.17) is 14.2 Å². The molecule has 2 aromatic rings. The summed E-state index contributed by atoms with van der Waals surface area (Å²) in [7, 11) is 1.34. The van der Waals surface area contributed by atoms with Crippen LogP contribution in [0.4, 0.5) is 5.69 Å². The number of hydrogen-bond donors (Lipinski definition) is 2. The largest absolute Gasteiger partial charge is 0.504 e. The molecule has 1 amide bonds. The first-order chi connectivity index (χ1) is 12.6. The number of ether oxygens (including phenoxy) is 3. The zero-order valence-electron chi connectivity index (χ0n) is 14.7. The Morgan fingerprint density at radius 1 is 1.23 bits per heavy atom. The van der Waals surface area contributed by atoms with Crippen LogP contribution in [0.1, 0.15) is 27.6 Å². The number of amides is 1. The van der Waals surface area contributed by atoms with Gasteiger partial charge in [-0.15, -0.1) is 0 Å². The zero-order valence-corrected chi connectivity index (χ0v) is 14.7. The quantitative estimate of drug-likeness (QED) is 0.528. The molecule has 0 aliphatic heterocycles. The molecule has 0 saturated carbocycles. The highest BCUT2D eigenvalue weighted by Crippen LogP contribution is 2.30. The monoisotopic (exact) mass is 359 g/mol. The lowest BCUT2D eigenvalue weighted by atomic mass is 10.1. The predicted molar refractivity (Wildman–Crippen MR) is 96.4 cm³/mol. The summed E-state index contributed by atoms with van der Waals surface area (Å²) in [5.41, 5.74) is 0.690. The number of aromatic hydroxyl groups is 1. The molecule has 26 heavy (non-hydrogen) atoms. The smallest absolute Gasteiger partial charge is 0.255 e. The number of phenolic OH excluding ortho intramolecular Hbond substituents is 1. The molecule has 2 aromatic carbocycles. The molecule has 138 valence electrons. The Morgan fingerprint density at radius 3 is 2.73 bits per heavy atom. The highest BCUT2D eigenvalue weighted by atomic mass is 16.5. The van der Waals surface area contributed by atoms with Crippen LogP contribution in [-0.4, -0.2) is 44.2 Å². The van der Waals surface area contributed by atoms with Crippen molar-refractivity contribution in [3.8, 4) is 17.2 Å². The highest BCUT2D eigenvalue weighted by Gasteiger charge is 2.15. The Hall–Kier alpha value is -3.06. The summed E-state index contributed by atoms with van der Waals surface area (Å²) in [4.78, 5) is 23.5. The molecular formula is C19H21NO6. The number of rotatable bonds is 9. The number of aldehydes is 1. The van der Waals surface area contributed by atoms with Gasteiger partial charge >= 0.3 is 0 Å². The van der Waals surface area contributed by atoms with Crippen molar-refractivity contribution in [2.45, 2.75) is 6.92 Å². The van der Waals surface area contributed by atoms with Crippen LogP contribution in [0.15, 0.2) is 36.4 Å². The summed E-state index contributed by atoms with van der Waals surface area (Å²) in [5.74, 6) is -0.103. The lowest BCUT2D eigenvalue weighted by molar-refractivity contribution is 0.102. The summed E-state index contributed by atoms with van der Waals surface area (Å²) in [6.45, 7) is 3.42. The Bertz CT molecular complexity index is 775. The Kier molecular flexibility index (Phi) is 6.99. The van der Waals surface area contributed by atoms with Crippen molar-refractivity contribution < 1.29 is 28.9 Å². The Balaban J connectivity index is 2.11. The summed E-state index contributed by atoms with van der Waals surface area (Å²) in [6, 6.07) is 9.58. The second-order valence-electron chi connectivity index (χ2n) is 5.26. The second kappa shape index (κ2) is 9.43. The van der Waals surface area contributed by atoms with Gasteiger partial charge in [0.05, 0.1) is 19.3 Å². The molecule has 7 nitrogen and oxygen atoms in total. The van der Waals surface area contributed by atoms with Crippen LogP contribution < -0.4 is 14.8 Å². The molecule has 0 fully saturated rings. The van der Waals surface area contributed by atoms with Gasteiger partial charge in [0, 0.05) is 23.9 Å². The molecule has 0 bridgehead atoms. The van der Waals surface area contributed by atoms with Crippen molar-refractivity contribution in [2.24, 2.45) is 0 Å². The third kappa shape index (κ3) is 4.97. The second-order valence-corrected chi connectivity index (χ2v) is 5.26. The van der Waals surface area contributed by atoms with Crippen LogP contribution >= 0.6 is 0 Å². The van der Waals surface area contributed by atoms with Gasteiger partial charge in [-0.3, -0.25) is 9.59 Å². The maximum atomic E-state index is 12.4. The van der Waals surface area contributed by atoms with Gasteiger partial charge in [-0.2, -0.15) is 0 Å². The van der Waals surface area contributed by atoms with E-state index in [1.165, 1.54) is 19.2 Å². The molecular weight excluding hydrogens is 338 g/mol. The first-order valence-corrected chi connectivity index (χ1v) is 8.07. The number of nitrogens with one attached hydrogen (secondary N) is 1. The van der Waals surface area contributed by atoms with E-state index in [1.54, 1.807) is 24.3 Å². The maximum absolute atomic E-state index is 12.4. The van der Waals surface area contributed by atoms with Gasteiger partial charge < -0.3 is 24.6 Å². The zero-order chi connectivity index (χ0) is 18.9. The third-order valence-electron chi connectivity index (χ3n) is 3.51. The highest BCUT2D eigenvalue weighted by molar-refractivity contribution is 6.05. The standard InChI is InChI=1S/C19H21NO6/c1-3-25-7-8-26-16-6-4-5-15(11-16)20-19(23)13-9-14(12-21)18(22)17(10-13)24-2/h4-6,9-12,22H,3,7-8H2,1-2H3,(H,20,23). The minimum Gasteiger partial charge on any atom is -0.504 e. The Labute approximate surface area is 151 Å². The molecule has 0 atom stereocenters. The SMILES string of the molecule is CCOCCOc1cccc(NC(=O)c2cc(C=O)c(O)c(OC)c2)c1. The number of carbonyl (C=O) groups excluding carboxylic acids is 2. The van der Waals surface area contributed by atoms with E-state index >= 15 is 0 Å². The molecule has 0 heterocycles. The normalized spacial score (nSPS) is 10.2. The summed E-state index contributed by atoms with van der Waals surface area (Å²) < 4.78 is 15.7. The summed E-state index contributed by atoms with van der Waals surface area (Å²) in [5, 5.41) is 12.5. The van der Waals surface area contributed by atoms with Gasteiger partial charge in [0.25, 0.3) is 5.91 Å². The van der Waals surface area contributed by atoms with E-state index in [0.29, 0.717) is 37.5 Å². The van der Waals surface area contributed by atoms with Crippen molar-refractivity contribution in [1.29, 1.82) is 0 Å². The summed E-state index contributed by atoms with van der Waals surface area (Å²) >= 11 is 0. The van der Waals surface area contributed by atoms with E-state index in [0.717, 1.165) is 0 Å². The molecule has 0 aliphatic rings. The minimum absolute atomic E-state index is 0.0255. The van der Waals surface area contributed by atoms with E-state index in [9.17, 15) is 14.7 Å². The lowest BCUT2D eigenvalue weighted by Crippen LogP contribution is -2.13. The number of anilines is 1. The van der Waals surface area contributed by atoms with Crippen molar-refractivity contribution in [1.82, 2.24) is 0 Å². The van der Waals surface area contributed by atoms with Gasteiger partial charge in [0.2, 0.25) is 0 Å². The van der Waals surface area contributed by atoms with Gasteiger partial charge in [0.1, 0.15) is 12.4 Å². The fraction of sp³-hybridized carbons (Fsp3) is 0.263. The number of methoxy groups -OCH3 is 1. The molecule has 2 N–H and O–H groups in total. The van der Waals surface area contributed by atoms with Crippen LogP contribution in [0.3, 0.4) is 0 Å².